The highest BCUT2D eigenvalue weighted by atomic mass is 16.2. The van der Waals surface area contributed by atoms with Crippen LogP contribution in [-0.2, 0) is 26.6 Å². The normalized spacial score (nSPS) is 13.4. The molecule has 1 aliphatic heterocycles. The number of hydrogen-bond acceptors (Lipinski definition) is 5. The van der Waals surface area contributed by atoms with Gasteiger partial charge in [-0.05, 0) is 18.9 Å². The number of fused-ring (bicyclic) bond motifs is 1. The lowest BCUT2D eigenvalue weighted by atomic mass is 10.0. The molecule has 8 nitrogen and oxygen atoms in total. The van der Waals surface area contributed by atoms with E-state index < -0.39 is 0 Å². The van der Waals surface area contributed by atoms with Crippen molar-refractivity contribution < 1.29 is 4.79 Å². The number of carbonyl (C=O) groups is 1. The number of anilines is 1. The van der Waals surface area contributed by atoms with Gasteiger partial charge in [-0.1, -0.05) is 13.3 Å². The van der Waals surface area contributed by atoms with Crippen LogP contribution in [-0.4, -0.2) is 43.8 Å². The summed E-state index contributed by atoms with van der Waals surface area (Å²) in [6.07, 6.45) is 6.31. The van der Waals surface area contributed by atoms with Crippen LogP contribution in [0.2, 0.25) is 0 Å². The van der Waals surface area contributed by atoms with E-state index in [9.17, 15) is 4.79 Å². The Morgan fingerprint density at radius 1 is 1.32 bits per heavy atom. The molecule has 0 spiro atoms. The molecule has 0 saturated carbocycles. The Morgan fingerprint density at radius 3 is 2.88 bits per heavy atom. The van der Waals surface area contributed by atoms with Crippen molar-refractivity contribution in [2.24, 2.45) is 7.05 Å². The minimum absolute atomic E-state index is 0.0117. The molecule has 2 aromatic heterocycles. The Labute approximate surface area is 147 Å². The molecule has 3 rings (SSSR count). The van der Waals surface area contributed by atoms with Gasteiger partial charge >= 0.3 is 6.03 Å². The Kier molecular flexibility index (Phi) is 5.47. The summed E-state index contributed by atoms with van der Waals surface area (Å²) in [5.74, 6) is 0.592. The van der Waals surface area contributed by atoms with Crippen LogP contribution in [0.1, 0.15) is 36.7 Å². The van der Waals surface area contributed by atoms with Gasteiger partial charge < -0.3 is 15.5 Å². The minimum atomic E-state index is 0.0117. The summed E-state index contributed by atoms with van der Waals surface area (Å²) >= 11 is 0. The summed E-state index contributed by atoms with van der Waals surface area (Å²) < 4.78 is 1.88. The van der Waals surface area contributed by atoms with Gasteiger partial charge in [0.15, 0.2) is 0 Å². The number of nitrogens with zero attached hydrogens (tertiary/aromatic N) is 5. The molecular weight excluding hydrogens is 318 g/mol. The topological polar surface area (TPSA) is 88.0 Å². The summed E-state index contributed by atoms with van der Waals surface area (Å²) in [5.41, 5.74) is 3.32. The molecule has 0 radical (unpaired) electrons. The van der Waals surface area contributed by atoms with Crippen LogP contribution in [0.5, 0.6) is 0 Å². The van der Waals surface area contributed by atoms with Crippen molar-refractivity contribution >= 4 is 12.0 Å². The highest BCUT2D eigenvalue weighted by Gasteiger charge is 2.26. The molecule has 2 amide bonds. The summed E-state index contributed by atoms with van der Waals surface area (Å²) in [7, 11) is 1.93. The second-order valence-corrected chi connectivity index (χ2v) is 6.18. The number of nitrogens with one attached hydrogen (secondary N) is 2. The zero-order valence-corrected chi connectivity index (χ0v) is 14.8. The molecule has 0 fully saturated rings. The first kappa shape index (κ1) is 17.2. The highest BCUT2D eigenvalue weighted by Crippen LogP contribution is 2.22. The number of aryl methyl sites for hydroxylation is 1. The molecular formula is C17H25N7O. The van der Waals surface area contributed by atoms with E-state index in [1.54, 1.807) is 18.5 Å². The Bertz CT molecular complexity index is 713. The van der Waals surface area contributed by atoms with Crippen molar-refractivity contribution in [3.63, 3.8) is 0 Å². The fourth-order valence-corrected chi connectivity index (χ4v) is 3.01. The fraction of sp³-hybridized carbons (Fsp3) is 0.529. The third-order valence-electron chi connectivity index (χ3n) is 4.40. The first-order chi connectivity index (χ1) is 12.2. The molecule has 0 unspecified atom stereocenters. The summed E-state index contributed by atoms with van der Waals surface area (Å²) in [6.45, 7) is 4.74. The number of aromatic nitrogens is 4. The van der Waals surface area contributed by atoms with Gasteiger partial charge in [0, 0.05) is 38.1 Å². The number of rotatable bonds is 6. The average Bonchev–Trinajstić information content (AvgIpc) is 2.96. The summed E-state index contributed by atoms with van der Waals surface area (Å²) in [4.78, 5) is 22.5. The lowest BCUT2D eigenvalue weighted by Crippen LogP contribution is -2.43. The third kappa shape index (κ3) is 4.07. The maximum atomic E-state index is 12.3. The van der Waals surface area contributed by atoms with Crippen LogP contribution in [0.3, 0.4) is 0 Å². The van der Waals surface area contributed by atoms with Gasteiger partial charge in [-0.2, -0.15) is 5.10 Å². The van der Waals surface area contributed by atoms with Gasteiger partial charge in [0.2, 0.25) is 5.95 Å². The molecule has 25 heavy (non-hydrogen) atoms. The molecule has 0 aromatic carbocycles. The minimum Gasteiger partial charge on any atom is -0.348 e. The largest absolute Gasteiger partial charge is 0.348 e. The van der Waals surface area contributed by atoms with Crippen LogP contribution in [0.25, 0.3) is 0 Å². The lowest BCUT2D eigenvalue weighted by molar-refractivity contribution is 0.190. The maximum Gasteiger partial charge on any atom is 0.317 e. The van der Waals surface area contributed by atoms with Crippen LogP contribution < -0.4 is 10.6 Å². The van der Waals surface area contributed by atoms with Gasteiger partial charge in [0.25, 0.3) is 0 Å². The number of hydrogen-bond donors (Lipinski definition) is 2. The predicted octanol–water partition coefficient (Wildman–Crippen LogP) is 1.69. The molecule has 0 atom stereocenters. The monoisotopic (exact) mass is 343 g/mol. The van der Waals surface area contributed by atoms with Gasteiger partial charge in [-0.15, -0.1) is 0 Å². The number of carbonyl (C=O) groups excluding carboxylic acids is 1. The molecule has 0 saturated heterocycles. The second-order valence-electron chi connectivity index (χ2n) is 6.18. The highest BCUT2D eigenvalue weighted by molar-refractivity contribution is 5.74. The van der Waals surface area contributed by atoms with E-state index in [2.05, 4.69) is 32.6 Å². The van der Waals surface area contributed by atoms with E-state index in [0.29, 0.717) is 25.6 Å². The van der Waals surface area contributed by atoms with Gasteiger partial charge in [0.05, 0.1) is 24.5 Å². The number of urea groups is 1. The molecule has 0 bridgehead atoms. The first-order valence-electron chi connectivity index (χ1n) is 8.76. The van der Waals surface area contributed by atoms with E-state index in [1.807, 2.05) is 16.6 Å². The Balaban J connectivity index is 1.63. The van der Waals surface area contributed by atoms with Crippen molar-refractivity contribution in [3.8, 4) is 0 Å². The molecule has 0 aliphatic carbocycles. The van der Waals surface area contributed by atoms with Gasteiger partial charge in [-0.3, -0.25) is 4.68 Å². The van der Waals surface area contributed by atoms with Crippen molar-refractivity contribution in [3.05, 3.63) is 35.4 Å². The SMILES string of the molecule is CCCCNC(=O)N1CCc2c(CNc3ncccn3)nn(C)c2C1. The first-order valence-corrected chi connectivity index (χ1v) is 8.76. The average molecular weight is 343 g/mol. The van der Waals surface area contributed by atoms with Crippen LogP contribution in [0.4, 0.5) is 10.7 Å². The van der Waals surface area contributed by atoms with Crippen molar-refractivity contribution in [2.45, 2.75) is 39.3 Å². The smallest absolute Gasteiger partial charge is 0.317 e. The number of amides is 2. The molecule has 1 aliphatic rings. The third-order valence-corrected chi connectivity index (χ3v) is 4.40. The Hall–Kier alpha value is -2.64. The standard InChI is InChI=1S/C17H25N7O/c1-3-4-7-20-17(25)24-10-6-13-14(22-23(2)15(13)12-24)11-21-16-18-8-5-9-19-16/h5,8-9H,3-4,6-7,10-12H2,1-2H3,(H,20,25)(H,18,19,21). The lowest BCUT2D eigenvalue weighted by Gasteiger charge is -2.27. The molecule has 8 heteroatoms. The zero-order valence-electron chi connectivity index (χ0n) is 14.8. The molecule has 134 valence electrons. The van der Waals surface area contributed by atoms with Gasteiger partial charge in [-0.25, -0.2) is 14.8 Å². The van der Waals surface area contributed by atoms with E-state index in [-0.39, 0.29) is 6.03 Å². The van der Waals surface area contributed by atoms with Crippen LogP contribution in [0, 0.1) is 0 Å². The predicted molar refractivity (Wildman–Crippen MR) is 95.0 cm³/mol. The summed E-state index contributed by atoms with van der Waals surface area (Å²) in [6, 6.07) is 1.80. The van der Waals surface area contributed by atoms with Gasteiger partial charge in [0.1, 0.15) is 0 Å². The quantitative estimate of drug-likeness (QED) is 0.779. The van der Waals surface area contributed by atoms with E-state index >= 15 is 0 Å². The van der Waals surface area contributed by atoms with E-state index in [0.717, 1.165) is 37.2 Å². The number of unbranched alkanes of at least 4 members (excludes halogenated alkanes) is 1. The zero-order chi connectivity index (χ0) is 17.6. The van der Waals surface area contributed by atoms with Crippen LogP contribution >= 0.6 is 0 Å². The molecule has 2 aromatic rings. The van der Waals surface area contributed by atoms with E-state index in [1.165, 1.54) is 5.56 Å². The molecule has 3 heterocycles. The Morgan fingerprint density at radius 2 is 2.12 bits per heavy atom. The summed E-state index contributed by atoms with van der Waals surface area (Å²) in [5, 5.41) is 10.8. The fourth-order valence-electron chi connectivity index (χ4n) is 3.01. The van der Waals surface area contributed by atoms with E-state index in [4.69, 9.17) is 0 Å². The second kappa shape index (κ2) is 7.96. The van der Waals surface area contributed by atoms with Crippen molar-refractivity contribution in [2.75, 3.05) is 18.4 Å². The van der Waals surface area contributed by atoms with Crippen LogP contribution in [0.15, 0.2) is 18.5 Å². The maximum absolute atomic E-state index is 12.3. The van der Waals surface area contributed by atoms with Crippen molar-refractivity contribution in [1.29, 1.82) is 0 Å². The van der Waals surface area contributed by atoms with Crippen molar-refractivity contribution in [1.82, 2.24) is 30.0 Å². The molecule has 2 N–H and O–H groups in total.